The van der Waals surface area contributed by atoms with Crippen LogP contribution in [0.25, 0.3) is 5.65 Å². The van der Waals surface area contributed by atoms with Crippen molar-refractivity contribution < 1.29 is 4.79 Å². The van der Waals surface area contributed by atoms with Crippen LogP contribution in [0, 0.1) is 0 Å². The molecule has 7 nitrogen and oxygen atoms in total. The topological polar surface area (TPSA) is 75.4 Å². The summed E-state index contributed by atoms with van der Waals surface area (Å²) >= 11 is 0. The van der Waals surface area contributed by atoms with Crippen molar-refractivity contribution in [1.29, 1.82) is 0 Å². The summed E-state index contributed by atoms with van der Waals surface area (Å²) in [5.74, 6) is -0.0245. The van der Waals surface area contributed by atoms with Gasteiger partial charge in [0, 0.05) is 32.7 Å². The first kappa shape index (κ1) is 13.0. The molecule has 1 amide bonds. The SMILES string of the molecule is CN(C)c1cccn2nc(NC(=O)c3cccnc3)nc12. The molecule has 0 aliphatic heterocycles. The fourth-order valence-corrected chi connectivity index (χ4v) is 1.96. The highest BCUT2D eigenvalue weighted by molar-refractivity contribution is 6.03. The maximum atomic E-state index is 12.1. The average molecular weight is 282 g/mol. The molecule has 0 atom stereocenters. The molecule has 21 heavy (non-hydrogen) atoms. The molecule has 0 aliphatic rings. The Labute approximate surface area is 121 Å². The Morgan fingerprint density at radius 1 is 1.29 bits per heavy atom. The zero-order valence-electron chi connectivity index (χ0n) is 11.7. The molecule has 0 saturated heterocycles. The van der Waals surface area contributed by atoms with Gasteiger partial charge in [0.15, 0.2) is 5.65 Å². The number of hydrogen-bond donors (Lipinski definition) is 1. The van der Waals surface area contributed by atoms with Gasteiger partial charge in [-0.25, -0.2) is 4.52 Å². The molecule has 0 unspecified atom stereocenters. The quantitative estimate of drug-likeness (QED) is 0.786. The van der Waals surface area contributed by atoms with Crippen molar-refractivity contribution in [1.82, 2.24) is 19.6 Å². The number of amides is 1. The normalized spacial score (nSPS) is 10.6. The number of carbonyl (C=O) groups excluding carboxylic acids is 1. The molecular formula is C14H14N6O. The lowest BCUT2D eigenvalue weighted by atomic mass is 10.3. The number of rotatable bonds is 3. The molecule has 0 bridgehead atoms. The Bertz CT molecular complexity index is 781. The monoisotopic (exact) mass is 282 g/mol. The average Bonchev–Trinajstić information content (AvgIpc) is 2.89. The van der Waals surface area contributed by atoms with E-state index in [1.807, 2.05) is 31.1 Å². The maximum Gasteiger partial charge on any atom is 0.259 e. The fourth-order valence-electron chi connectivity index (χ4n) is 1.96. The van der Waals surface area contributed by atoms with E-state index in [9.17, 15) is 4.79 Å². The van der Waals surface area contributed by atoms with Gasteiger partial charge in [-0.2, -0.15) is 4.98 Å². The summed E-state index contributed by atoms with van der Waals surface area (Å²) in [5, 5.41) is 6.92. The second kappa shape index (κ2) is 5.20. The third-order valence-corrected chi connectivity index (χ3v) is 2.97. The minimum Gasteiger partial charge on any atom is -0.375 e. The third kappa shape index (κ3) is 2.53. The second-order valence-corrected chi connectivity index (χ2v) is 4.69. The minimum atomic E-state index is -0.287. The molecule has 3 aromatic rings. The van der Waals surface area contributed by atoms with E-state index in [-0.39, 0.29) is 11.9 Å². The van der Waals surface area contributed by atoms with Gasteiger partial charge in [0.1, 0.15) is 0 Å². The molecule has 0 aromatic carbocycles. The molecule has 1 N–H and O–H groups in total. The predicted molar refractivity (Wildman–Crippen MR) is 79.5 cm³/mol. The summed E-state index contributed by atoms with van der Waals surface area (Å²) < 4.78 is 1.63. The van der Waals surface area contributed by atoms with Crippen LogP contribution in [0.4, 0.5) is 11.6 Å². The summed E-state index contributed by atoms with van der Waals surface area (Å²) in [5.41, 5.74) is 2.07. The number of pyridine rings is 2. The van der Waals surface area contributed by atoms with E-state index in [0.717, 1.165) is 5.69 Å². The van der Waals surface area contributed by atoms with Gasteiger partial charge < -0.3 is 4.90 Å². The Balaban J connectivity index is 1.92. The predicted octanol–water partition coefficient (Wildman–Crippen LogP) is 1.44. The van der Waals surface area contributed by atoms with E-state index in [1.165, 1.54) is 6.20 Å². The highest BCUT2D eigenvalue weighted by atomic mass is 16.1. The van der Waals surface area contributed by atoms with Crippen LogP contribution in [0.5, 0.6) is 0 Å². The van der Waals surface area contributed by atoms with Gasteiger partial charge in [0.2, 0.25) is 5.95 Å². The van der Waals surface area contributed by atoms with Crippen molar-refractivity contribution in [3.05, 3.63) is 48.4 Å². The van der Waals surface area contributed by atoms with Gasteiger partial charge in [-0.1, -0.05) is 0 Å². The molecule has 0 radical (unpaired) electrons. The highest BCUT2D eigenvalue weighted by Crippen LogP contribution is 2.18. The number of aromatic nitrogens is 4. The Morgan fingerprint density at radius 3 is 2.86 bits per heavy atom. The minimum absolute atomic E-state index is 0.262. The molecule has 0 aliphatic carbocycles. The smallest absolute Gasteiger partial charge is 0.259 e. The van der Waals surface area contributed by atoms with E-state index in [4.69, 9.17) is 0 Å². The van der Waals surface area contributed by atoms with Crippen LogP contribution in [-0.4, -0.2) is 39.6 Å². The summed E-state index contributed by atoms with van der Waals surface area (Å²) in [7, 11) is 3.86. The fraction of sp³-hybridized carbons (Fsp3) is 0.143. The molecule has 7 heteroatoms. The van der Waals surface area contributed by atoms with Gasteiger partial charge >= 0.3 is 0 Å². The Kier molecular flexibility index (Phi) is 3.23. The van der Waals surface area contributed by atoms with Crippen LogP contribution in [0.15, 0.2) is 42.9 Å². The lowest BCUT2D eigenvalue weighted by Gasteiger charge is -2.11. The van der Waals surface area contributed by atoms with Crippen LogP contribution in [0.2, 0.25) is 0 Å². The van der Waals surface area contributed by atoms with Crippen LogP contribution in [-0.2, 0) is 0 Å². The second-order valence-electron chi connectivity index (χ2n) is 4.69. The van der Waals surface area contributed by atoms with Crippen LogP contribution < -0.4 is 10.2 Å². The largest absolute Gasteiger partial charge is 0.375 e. The molecule has 106 valence electrons. The lowest BCUT2D eigenvalue weighted by Crippen LogP contribution is -2.13. The number of anilines is 2. The van der Waals surface area contributed by atoms with Gasteiger partial charge in [0.25, 0.3) is 5.91 Å². The number of hydrogen-bond acceptors (Lipinski definition) is 5. The maximum absolute atomic E-state index is 12.1. The summed E-state index contributed by atoms with van der Waals surface area (Å²) in [4.78, 5) is 22.3. The molecule has 0 saturated carbocycles. The zero-order valence-corrected chi connectivity index (χ0v) is 11.7. The van der Waals surface area contributed by atoms with E-state index in [2.05, 4.69) is 20.4 Å². The van der Waals surface area contributed by atoms with E-state index < -0.39 is 0 Å². The van der Waals surface area contributed by atoms with Crippen LogP contribution in [0.1, 0.15) is 10.4 Å². The highest BCUT2D eigenvalue weighted by Gasteiger charge is 2.12. The standard InChI is InChI=1S/C14H14N6O/c1-19(2)11-6-4-8-20-12(11)16-14(18-20)17-13(21)10-5-3-7-15-9-10/h3-9H,1-2H3,(H,17,18,21). The van der Waals surface area contributed by atoms with Crippen molar-refractivity contribution in [2.24, 2.45) is 0 Å². The van der Waals surface area contributed by atoms with Crippen molar-refractivity contribution in [3.63, 3.8) is 0 Å². The number of fused-ring (bicyclic) bond motifs is 1. The molecule has 0 fully saturated rings. The van der Waals surface area contributed by atoms with Crippen molar-refractivity contribution in [3.8, 4) is 0 Å². The van der Waals surface area contributed by atoms with Gasteiger partial charge in [0.05, 0.1) is 11.3 Å². The summed E-state index contributed by atoms with van der Waals surface area (Å²) in [6, 6.07) is 7.21. The number of nitrogens with one attached hydrogen (secondary N) is 1. The van der Waals surface area contributed by atoms with Crippen molar-refractivity contribution in [2.75, 3.05) is 24.3 Å². The van der Waals surface area contributed by atoms with Gasteiger partial charge in [-0.05, 0) is 24.3 Å². The summed E-state index contributed by atoms with van der Waals surface area (Å²) in [6.07, 6.45) is 4.90. The third-order valence-electron chi connectivity index (χ3n) is 2.97. The van der Waals surface area contributed by atoms with E-state index in [0.29, 0.717) is 11.2 Å². The van der Waals surface area contributed by atoms with E-state index >= 15 is 0 Å². The van der Waals surface area contributed by atoms with Gasteiger partial charge in [-0.3, -0.25) is 15.1 Å². The zero-order chi connectivity index (χ0) is 14.8. The van der Waals surface area contributed by atoms with Crippen LogP contribution >= 0.6 is 0 Å². The first-order valence-electron chi connectivity index (χ1n) is 6.39. The van der Waals surface area contributed by atoms with Gasteiger partial charge in [-0.15, -0.1) is 5.10 Å². The Morgan fingerprint density at radius 2 is 2.14 bits per heavy atom. The molecular weight excluding hydrogens is 268 g/mol. The lowest BCUT2D eigenvalue weighted by molar-refractivity contribution is 0.102. The Hall–Kier alpha value is -2.96. The molecule has 3 aromatic heterocycles. The van der Waals surface area contributed by atoms with Crippen LogP contribution in [0.3, 0.4) is 0 Å². The van der Waals surface area contributed by atoms with Crippen molar-refractivity contribution in [2.45, 2.75) is 0 Å². The summed E-state index contributed by atoms with van der Waals surface area (Å²) in [6.45, 7) is 0. The number of nitrogens with zero attached hydrogens (tertiary/aromatic N) is 5. The molecule has 0 spiro atoms. The molecule has 3 heterocycles. The first-order valence-corrected chi connectivity index (χ1v) is 6.39. The van der Waals surface area contributed by atoms with Crippen molar-refractivity contribution >= 4 is 23.2 Å². The molecule has 3 rings (SSSR count). The first-order chi connectivity index (χ1) is 10.1. The van der Waals surface area contributed by atoms with E-state index in [1.54, 1.807) is 29.0 Å². The number of carbonyl (C=O) groups is 1.